The van der Waals surface area contributed by atoms with Gasteiger partial charge in [-0.1, -0.05) is 0 Å². The molecular formula is C11H12FN3O4S. The van der Waals surface area contributed by atoms with Crippen LogP contribution >= 0.6 is 0 Å². The Balaban J connectivity index is 2.33. The molecule has 0 fully saturated rings. The SMILES string of the molecule is COc1cc(NS(=O)(=O)c2[nH]ncc2CO)ccc1F. The van der Waals surface area contributed by atoms with Crippen LogP contribution in [0.1, 0.15) is 5.56 Å². The molecule has 3 N–H and O–H groups in total. The first kappa shape index (κ1) is 14.3. The normalized spacial score (nSPS) is 11.3. The fourth-order valence-electron chi connectivity index (χ4n) is 1.57. The van der Waals surface area contributed by atoms with Gasteiger partial charge in [0.25, 0.3) is 10.0 Å². The summed E-state index contributed by atoms with van der Waals surface area (Å²) >= 11 is 0. The zero-order valence-corrected chi connectivity index (χ0v) is 11.2. The van der Waals surface area contributed by atoms with Crippen LogP contribution in [-0.4, -0.2) is 30.8 Å². The largest absolute Gasteiger partial charge is 0.494 e. The van der Waals surface area contributed by atoms with Crippen LogP contribution in [0.5, 0.6) is 5.75 Å². The molecule has 7 nitrogen and oxygen atoms in total. The Labute approximate surface area is 114 Å². The van der Waals surface area contributed by atoms with Crippen molar-refractivity contribution < 1.29 is 22.7 Å². The Hall–Kier alpha value is -2.13. The van der Waals surface area contributed by atoms with Crippen LogP contribution < -0.4 is 9.46 Å². The van der Waals surface area contributed by atoms with Crippen molar-refractivity contribution in [3.8, 4) is 5.75 Å². The lowest BCUT2D eigenvalue weighted by molar-refractivity contribution is 0.278. The maximum Gasteiger partial charge on any atom is 0.279 e. The predicted molar refractivity (Wildman–Crippen MR) is 68.3 cm³/mol. The molecule has 0 atom stereocenters. The number of hydrogen-bond donors (Lipinski definition) is 3. The molecule has 0 aliphatic rings. The van der Waals surface area contributed by atoms with Crippen molar-refractivity contribution in [2.45, 2.75) is 11.6 Å². The molecule has 0 spiro atoms. The van der Waals surface area contributed by atoms with E-state index in [4.69, 9.17) is 9.84 Å². The number of sulfonamides is 1. The van der Waals surface area contributed by atoms with Gasteiger partial charge in [-0.3, -0.25) is 9.82 Å². The first-order valence-corrected chi connectivity index (χ1v) is 6.95. The van der Waals surface area contributed by atoms with Crippen molar-refractivity contribution in [1.82, 2.24) is 10.2 Å². The topological polar surface area (TPSA) is 104 Å². The summed E-state index contributed by atoms with van der Waals surface area (Å²) in [7, 11) is -2.68. The fourth-order valence-corrected chi connectivity index (χ4v) is 2.75. The maximum absolute atomic E-state index is 13.2. The highest BCUT2D eigenvalue weighted by Gasteiger charge is 2.21. The number of H-pyrrole nitrogens is 1. The highest BCUT2D eigenvalue weighted by atomic mass is 32.2. The molecule has 2 rings (SSSR count). The van der Waals surface area contributed by atoms with Crippen LogP contribution in [0.2, 0.25) is 0 Å². The summed E-state index contributed by atoms with van der Waals surface area (Å²) < 4.78 is 44.4. The van der Waals surface area contributed by atoms with Crippen LogP contribution in [0.25, 0.3) is 0 Å². The third-order valence-electron chi connectivity index (χ3n) is 2.52. The second-order valence-electron chi connectivity index (χ2n) is 3.84. The van der Waals surface area contributed by atoms with Gasteiger partial charge in [0, 0.05) is 11.6 Å². The molecule has 0 unspecified atom stereocenters. The van der Waals surface area contributed by atoms with Crippen molar-refractivity contribution in [2.24, 2.45) is 0 Å². The highest BCUT2D eigenvalue weighted by molar-refractivity contribution is 7.92. The quantitative estimate of drug-likeness (QED) is 0.759. The monoisotopic (exact) mass is 301 g/mol. The summed E-state index contributed by atoms with van der Waals surface area (Å²) in [5, 5.41) is 14.6. The third kappa shape index (κ3) is 2.73. The molecule has 20 heavy (non-hydrogen) atoms. The van der Waals surface area contributed by atoms with Crippen LogP contribution in [0.3, 0.4) is 0 Å². The minimum absolute atomic E-state index is 0.0859. The maximum atomic E-state index is 13.2. The summed E-state index contributed by atoms with van der Waals surface area (Å²) in [5.41, 5.74) is 0.258. The summed E-state index contributed by atoms with van der Waals surface area (Å²) in [6, 6.07) is 3.54. The average Bonchev–Trinajstić information content (AvgIpc) is 2.90. The van der Waals surface area contributed by atoms with E-state index in [2.05, 4.69) is 14.9 Å². The number of aromatic nitrogens is 2. The number of anilines is 1. The number of hydrogen-bond acceptors (Lipinski definition) is 5. The molecule has 9 heteroatoms. The van der Waals surface area contributed by atoms with Gasteiger partial charge in [-0.05, 0) is 12.1 Å². The molecule has 0 bridgehead atoms. The van der Waals surface area contributed by atoms with E-state index in [9.17, 15) is 12.8 Å². The second-order valence-corrected chi connectivity index (χ2v) is 5.46. The van der Waals surface area contributed by atoms with Gasteiger partial charge in [-0.25, -0.2) is 4.39 Å². The van der Waals surface area contributed by atoms with Gasteiger partial charge in [-0.2, -0.15) is 13.5 Å². The molecular weight excluding hydrogens is 289 g/mol. The summed E-state index contributed by atoms with van der Waals surface area (Å²) in [6.07, 6.45) is 1.21. The van der Waals surface area contributed by atoms with E-state index in [0.717, 1.165) is 6.07 Å². The Morgan fingerprint density at radius 2 is 2.25 bits per heavy atom. The van der Waals surface area contributed by atoms with Gasteiger partial charge >= 0.3 is 0 Å². The zero-order chi connectivity index (χ0) is 14.8. The lowest BCUT2D eigenvalue weighted by Gasteiger charge is -2.09. The minimum atomic E-state index is -3.96. The van der Waals surface area contributed by atoms with Gasteiger partial charge in [0.15, 0.2) is 16.6 Å². The number of halogens is 1. The Morgan fingerprint density at radius 3 is 2.90 bits per heavy atom. The third-order valence-corrected chi connectivity index (χ3v) is 3.92. The van der Waals surface area contributed by atoms with E-state index in [-0.39, 0.29) is 22.0 Å². The molecule has 0 aliphatic heterocycles. The molecule has 108 valence electrons. The van der Waals surface area contributed by atoms with Crippen molar-refractivity contribution >= 4 is 15.7 Å². The van der Waals surface area contributed by atoms with E-state index in [0.29, 0.717) is 0 Å². The smallest absolute Gasteiger partial charge is 0.279 e. The molecule has 0 radical (unpaired) electrons. The molecule has 0 saturated carbocycles. The minimum Gasteiger partial charge on any atom is -0.494 e. The summed E-state index contributed by atoms with van der Waals surface area (Å²) in [4.78, 5) is 0. The Morgan fingerprint density at radius 1 is 1.50 bits per heavy atom. The number of nitrogens with one attached hydrogen (secondary N) is 2. The van der Waals surface area contributed by atoms with Crippen molar-refractivity contribution in [1.29, 1.82) is 0 Å². The zero-order valence-electron chi connectivity index (χ0n) is 10.4. The number of aliphatic hydroxyl groups is 1. The standard InChI is InChI=1S/C11H12FN3O4S/c1-19-10-4-8(2-3-9(10)12)15-20(17,18)11-7(6-16)5-13-14-11/h2-5,15-16H,6H2,1H3,(H,13,14). The molecule has 1 aromatic carbocycles. The molecule has 0 amide bonds. The van der Waals surface area contributed by atoms with Crippen LogP contribution in [-0.2, 0) is 16.6 Å². The molecule has 2 aromatic rings. The van der Waals surface area contributed by atoms with E-state index >= 15 is 0 Å². The van der Waals surface area contributed by atoms with E-state index in [1.807, 2.05) is 0 Å². The number of nitrogens with zero attached hydrogens (tertiary/aromatic N) is 1. The van der Waals surface area contributed by atoms with E-state index in [1.165, 1.54) is 25.4 Å². The van der Waals surface area contributed by atoms with Crippen molar-refractivity contribution in [3.63, 3.8) is 0 Å². The molecule has 0 aliphatic carbocycles. The van der Waals surface area contributed by atoms with Crippen LogP contribution in [0.4, 0.5) is 10.1 Å². The molecule has 0 saturated heterocycles. The number of ether oxygens (including phenoxy) is 1. The van der Waals surface area contributed by atoms with E-state index in [1.54, 1.807) is 0 Å². The summed E-state index contributed by atoms with van der Waals surface area (Å²) in [5.74, 6) is -0.690. The first-order valence-electron chi connectivity index (χ1n) is 5.47. The number of benzene rings is 1. The number of aliphatic hydroxyl groups excluding tert-OH is 1. The summed E-state index contributed by atoms with van der Waals surface area (Å²) in [6.45, 7) is -0.473. The highest BCUT2D eigenvalue weighted by Crippen LogP contribution is 2.24. The number of rotatable bonds is 5. The fraction of sp³-hybridized carbons (Fsp3) is 0.182. The first-order chi connectivity index (χ1) is 9.47. The van der Waals surface area contributed by atoms with Gasteiger partial charge in [-0.15, -0.1) is 0 Å². The Bertz CT molecular complexity index is 714. The van der Waals surface area contributed by atoms with E-state index < -0.39 is 22.4 Å². The lowest BCUT2D eigenvalue weighted by atomic mass is 10.3. The number of methoxy groups -OCH3 is 1. The van der Waals surface area contributed by atoms with Gasteiger partial charge < -0.3 is 9.84 Å². The predicted octanol–water partition coefficient (Wildman–Crippen LogP) is 0.850. The van der Waals surface area contributed by atoms with Crippen molar-refractivity contribution in [2.75, 3.05) is 11.8 Å². The average molecular weight is 301 g/mol. The molecule has 1 aromatic heterocycles. The van der Waals surface area contributed by atoms with Crippen molar-refractivity contribution in [3.05, 3.63) is 35.8 Å². The molecule has 1 heterocycles. The Kier molecular flexibility index (Phi) is 3.91. The van der Waals surface area contributed by atoms with Crippen LogP contribution in [0.15, 0.2) is 29.4 Å². The van der Waals surface area contributed by atoms with Gasteiger partial charge in [0.05, 0.1) is 25.6 Å². The van der Waals surface area contributed by atoms with Gasteiger partial charge in [0.1, 0.15) is 0 Å². The lowest BCUT2D eigenvalue weighted by Crippen LogP contribution is -2.15. The number of aromatic amines is 1. The van der Waals surface area contributed by atoms with Gasteiger partial charge in [0.2, 0.25) is 0 Å². The second kappa shape index (κ2) is 5.47. The van der Waals surface area contributed by atoms with Crippen LogP contribution in [0, 0.1) is 5.82 Å².